The number of carbonyl (C=O) groups excluding carboxylic acids is 3. The molecule has 28 heavy (non-hydrogen) atoms. The standard InChI is InChI=1S/C21H23NO6/c1-26-19(23)13-12-18(21(25)27-2)22-20(24)16-8-10-17(11-9-16)28-14-15-6-4-3-5-7-15/h3-11,18H,12-14H2,1-2H3,(H,22,24)/t18-/m0/s1. The Balaban J connectivity index is 1.94. The smallest absolute Gasteiger partial charge is 0.328 e. The number of esters is 2. The van der Waals surface area contributed by atoms with Crippen LogP contribution in [-0.4, -0.2) is 38.1 Å². The van der Waals surface area contributed by atoms with E-state index in [9.17, 15) is 14.4 Å². The Morgan fingerprint density at radius 1 is 0.929 bits per heavy atom. The maximum absolute atomic E-state index is 12.4. The molecule has 7 nitrogen and oxygen atoms in total. The van der Waals surface area contributed by atoms with Crippen molar-refractivity contribution in [1.82, 2.24) is 5.32 Å². The van der Waals surface area contributed by atoms with Gasteiger partial charge in [0.05, 0.1) is 14.2 Å². The highest BCUT2D eigenvalue weighted by Crippen LogP contribution is 2.15. The molecule has 0 aliphatic rings. The Labute approximate surface area is 163 Å². The van der Waals surface area contributed by atoms with Crippen LogP contribution in [0.2, 0.25) is 0 Å². The molecule has 2 aromatic rings. The van der Waals surface area contributed by atoms with Crippen LogP contribution in [0, 0.1) is 0 Å². The van der Waals surface area contributed by atoms with E-state index in [2.05, 4.69) is 14.8 Å². The lowest BCUT2D eigenvalue weighted by molar-refractivity contribution is -0.144. The van der Waals surface area contributed by atoms with Gasteiger partial charge in [-0.1, -0.05) is 30.3 Å². The minimum atomic E-state index is -0.939. The Morgan fingerprint density at radius 2 is 1.61 bits per heavy atom. The second-order valence-electron chi connectivity index (χ2n) is 5.96. The lowest BCUT2D eigenvalue weighted by Gasteiger charge is -2.16. The molecule has 0 unspecified atom stereocenters. The normalized spacial score (nSPS) is 11.2. The molecule has 0 saturated carbocycles. The molecule has 1 atom stereocenters. The minimum absolute atomic E-state index is 0.0111. The summed E-state index contributed by atoms with van der Waals surface area (Å²) in [5, 5.41) is 2.58. The van der Waals surface area contributed by atoms with Crippen molar-refractivity contribution in [2.75, 3.05) is 14.2 Å². The quantitative estimate of drug-likeness (QED) is 0.667. The van der Waals surface area contributed by atoms with E-state index in [0.717, 1.165) is 5.56 Å². The lowest BCUT2D eigenvalue weighted by atomic mass is 10.1. The fourth-order valence-corrected chi connectivity index (χ4v) is 2.44. The number of carbonyl (C=O) groups is 3. The monoisotopic (exact) mass is 385 g/mol. The molecule has 0 aliphatic heterocycles. The molecule has 0 spiro atoms. The number of benzene rings is 2. The van der Waals surface area contributed by atoms with Gasteiger partial charge in [0, 0.05) is 12.0 Å². The molecule has 0 aromatic heterocycles. The van der Waals surface area contributed by atoms with Crippen LogP contribution < -0.4 is 10.1 Å². The number of amides is 1. The van der Waals surface area contributed by atoms with Gasteiger partial charge in [0.2, 0.25) is 0 Å². The Hall–Kier alpha value is -3.35. The summed E-state index contributed by atoms with van der Waals surface area (Å²) in [4.78, 5) is 35.5. The number of ether oxygens (including phenoxy) is 3. The maximum atomic E-state index is 12.4. The van der Waals surface area contributed by atoms with Crippen molar-refractivity contribution in [3.05, 3.63) is 65.7 Å². The van der Waals surface area contributed by atoms with Gasteiger partial charge in [-0.2, -0.15) is 0 Å². The SMILES string of the molecule is COC(=O)CC[C@H](NC(=O)c1ccc(OCc2ccccc2)cc1)C(=O)OC. The molecule has 1 amide bonds. The van der Waals surface area contributed by atoms with Crippen LogP contribution >= 0.6 is 0 Å². The number of hydrogen-bond donors (Lipinski definition) is 1. The summed E-state index contributed by atoms with van der Waals surface area (Å²) in [6.07, 6.45) is 0.0756. The van der Waals surface area contributed by atoms with Gasteiger partial charge in [-0.25, -0.2) is 4.79 Å². The van der Waals surface area contributed by atoms with Crippen LogP contribution in [0.4, 0.5) is 0 Å². The summed E-state index contributed by atoms with van der Waals surface area (Å²) < 4.78 is 14.9. The van der Waals surface area contributed by atoms with Crippen LogP contribution in [0.3, 0.4) is 0 Å². The highest BCUT2D eigenvalue weighted by atomic mass is 16.5. The largest absolute Gasteiger partial charge is 0.489 e. The average molecular weight is 385 g/mol. The van der Waals surface area contributed by atoms with Gasteiger partial charge in [-0.05, 0) is 36.2 Å². The summed E-state index contributed by atoms with van der Waals surface area (Å²) in [7, 11) is 2.48. The Morgan fingerprint density at radius 3 is 2.21 bits per heavy atom. The first-order valence-corrected chi connectivity index (χ1v) is 8.75. The van der Waals surface area contributed by atoms with E-state index in [1.807, 2.05) is 30.3 Å². The van der Waals surface area contributed by atoms with Crippen LogP contribution in [0.15, 0.2) is 54.6 Å². The summed E-state index contributed by atoms with van der Waals surface area (Å²) in [6, 6.07) is 15.3. The fraction of sp³-hybridized carbons (Fsp3) is 0.286. The second kappa shape index (κ2) is 10.7. The van der Waals surface area contributed by atoms with Gasteiger partial charge >= 0.3 is 11.9 Å². The summed E-state index contributed by atoms with van der Waals surface area (Å²) in [5.41, 5.74) is 1.40. The molecule has 0 heterocycles. The molecule has 0 aliphatic carbocycles. The first-order chi connectivity index (χ1) is 13.5. The predicted octanol–water partition coefficient (Wildman–Crippen LogP) is 2.49. The van der Waals surface area contributed by atoms with E-state index in [1.165, 1.54) is 14.2 Å². The van der Waals surface area contributed by atoms with Gasteiger partial charge in [-0.15, -0.1) is 0 Å². The van der Waals surface area contributed by atoms with E-state index >= 15 is 0 Å². The molecule has 2 rings (SSSR count). The van der Waals surface area contributed by atoms with E-state index in [1.54, 1.807) is 24.3 Å². The van der Waals surface area contributed by atoms with E-state index < -0.39 is 23.9 Å². The maximum Gasteiger partial charge on any atom is 0.328 e. The van der Waals surface area contributed by atoms with Crippen molar-refractivity contribution in [3.63, 3.8) is 0 Å². The van der Waals surface area contributed by atoms with Crippen molar-refractivity contribution >= 4 is 17.8 Å². The molecular formula is C21H23NO6. The van der Waals surface area contributed by atoms with Crippen molar-refractivity contribution in [2.24, 2.45) is 0 Å². The topological polar surface area (TPSA) is 90.9 Å². The van der Waals surface area contributed by atoms with Crippen LogP contribution in [0.1, 0.15) is 28.8 Å². The molecule has 148 valence electrons. The summed E-state index contributed by atoms with van der Waals surface area (Å²) >= 11 is 0. The zero-order chi connectivity index (χ0) is 20.4. The molecule has 0 radical (unpaired) electrons. The molecular weight excluding hydrogens is 362 g/mol. The fourth-order valence-electron chi connectivity index (χ4n) is 2.44. The third kappa shape index (κ3) is 6.42. The average Bonchev–Trinajstić information content (AvgIpc) is 2.75. The van der Waals surface area contributed by atoms with Crippen molar-refractivity contribution in [1.29, 1.82) is 0 Å². The Bertz CT molecular complexity index is 788. The lowest BCUT2D eigenvalue weighted by Crippen LogP contribution is -2.41. The molecule has 0 bridgehead atoms. The number of methoxy groups -OCH3 is 2. The molecule has 0 saturated heterocycles. The first kappa shape index (κ1) is 21.0. The molecule has 2 aromatic carbocycles. The van der Waals surface area contributed by atoms with E-state index in [0.29, 0.717) is 17.9 Å². The molecule has 0 fully saturated rings. The van der Waals surface area contributed by atoms with Gasteiger partial charge in [-0.3, -0.25) is 9.59 Å². The predicted molar refractivity (Wildman–Crippen MR) is 102 cm³/mol. The third-order valence-corrected chi connectivity index (χ3v) is 4.02. The van der Waals surface area contributed by atoms with Crippen LogP contribution in [0.25, 0.3) is 0 Å². The summed E-state index contributed by atoms with van der Waals surface area (Å²) in [5.74, 6) is -0.923. The number of rotatable bonds is 9. The minimum Gasteiger partial charge on any atom is -0.489 e. The number of hydrogen-bond acceptors (Lipinski definition) is 6. The van der Waals surface area contributed by atoms with Gasteiger partial charge in [0.1, 0.15) is 18.4 Å². The van der Waals surface area contributed by atoms with Gasteiger partial charge in [0.15, 0.2) is 0 Å². The highest BCUT2D eigenvalue weighted by molar-refractivity contribution is 5.97. The third-order valence-electron chi connectivity index (χ3n) is 4.02. The second-order valence-corrected chi connectivity index (χ2v) is 5.96. The number of nitrogens with one attached hydrogen (secondary N) is 1. The zero-order valence-corrected chi connectivity index (χ0v) is 15.8. The Kier molecular flexibility index (Phi) is 8.02. The van der Waals surface area contributed by atoms with E-state index in [4.69, 9.17) is 4.74 Å². The highest BCUT2D eigenvalue weighted by Gasteiger charge is 2.23. The first-order valence-electron chi connectivity index (χ1n) is 8.75. The van der Waals surface area contributed by atoms with Gasteiger partial charge in [0.25, 0.3) is 5.91 Å². The van der Waals surface area contributed by atoms with Crippen molar-refractivity contribution in [2.45, 2.75) is 25.5 Å². The summed E-state index contributed by atoms with van der Waals surface area (Å²) in [6.45, 7) is 0.421. The van der Waals surface area contributed by atoms with Crippen molar-refractivity contribution in [3.8, 4) is 5.75 Å². The van der Waals surface area contributed by atoms with Crippen molar-refractivity contribution < 1.29 is 28.6 Å². The van der Waals surface area contributed by atoms with Gasteiger partial charge < -0.3 is 19.5 Å². The molecule has 1 N–H and O–H groups in total. The van der Waals surface area contributed by atoms with E-state index in [-0.39, 0.29) is 12.8 Å². The van der Waals surface area contributed by atoms with Crippen LogP contribution in [-0.2, 0) is 25.7 Å². The molecule has 7 heteroatoms. The van der Waals surface area contributed by atoms with Crippen LogP contribution in [0.5, 0.6) is 5.75 Å². The zero-order valence-electron chi connectivity index (χ0n) is 15.8.